The first-order valence-electron chi connectivity index (χ1n) is 27.7. The summed E-state index contributed by atoms with van der Waals surface area (Å²) >= 11 is 0. The number of rotatable bonds is 48. The number of hydrogen-bond donors (Lipinski definition) is 0. The Balaban J connectivity index is 4.62. The van der Waals surface area contributed by atoms with Gasteiger partial charge in [-0.05, 0) is 141 Å². The second-order valence-electron chi connectivity index (χ2n) is 17.8. The summed E-state index contributed by atoms with van der Waals surface area (Å²) in [4.78, 5) is 38.1. The van der Waals surface area contributed by atoms with Crippen LogP contribution in [-0.2, 0) is 28.6 Å². The highest BCUT2D eigenvalue weighted by Gasteiger charge is 2.19. The maximum absolute atomic E-state index is 12.8. The second-order valence-corrected chi connectivity index (χ2v) is 17.8. The fourth-order valence-corrected chi connectivity index (χ4v) is 6.89. The van der Waals surface area contributed by atoms with Crippen LogP contribution in [0.4, 0.5) is 0 Å². The molecule has 0 fully saturated rings. The van der Waals surface area contributed by atoms with Crippen molar-refractivity contribution in [3.8, 4) is 0 Å². The average molecular weight is 953 g/mol. The molecule has 0 aromatic rings. The third-order valence-electron chi connectivity index (χ3n) is 11.1. The third-order valence-corrected chi connectivity index (χ3v) is 11.1. The molecule has 0 N–H and O–H groups in total. The van der Waals surface area contributed by atoms with Crippen LogP contribution in [0.15, 0.2) is 134 Å². The van der Waals surface area contributed by atoms with Gasteiger partial charge in [-0.2, -0.15) is 0 Å². The van der Waals surface area contributed by atoms with Crippen molar-refractivity contribution >= 4 is 17.9 Å². The maximum Gasteiger partial charge on any atom is 0.306 e. The molecule has 0 amide bonds. The largest absolute Gasteiger partial charge is 0.462 e. The van der Waals surface area contributed by atoms with E-state index < -0.39 is 6.10 Å². The van der Waals surface area contributed by atoms with Gasteiger partial charge in [0.2, 0.25) is 0 Å². The molecule has 0 rings (SSSR count). The number of hydrogen-bond acceptors (Lipinski definition) is 6. The van der Waals surface area contributed by atoms with Crippen molar-refractivity contribution in [2.45, 2.75) is 232 Å². The monoisotopic (exact) mass is 953 g/mol. The maximum atomic E-state index is 12.8. The van der Waals surface area contributed by atoms with Crippen molar-refractivity contribution in [1.29, 1.82) is 0 Å². The summed E-state index contributed by atoms with van der Waals surface area (Å²) in [6.07, 6.45) is 78.7. The van der Waals surface area contributed by atoms with Gasteiger partial charge in [0, 0.05) is 19.3 Å². The molecule has 0 bridgehead atoms. The second kappa shape index (κ2) is 56.1. The van der Waals surface area contributed by atoms with Gasteiger partial charge in [-0.3, -0.25) is 14.4 Å². The van der Waals surface area contributed by atoms with E-state index in [0.717, 1.165) is 96.3 Å². The van der Waals surface area contributed by atoms with E-state index in [2.05, 4.69) is 154 Å². The van der Waals surface area contributed by atoms with Crippen LogP contribution in [0, 0.1) is 0 Å². The van der Waals surface area contributed by atoms with Crippen LogP contribution >= 0.6 is 0 Å². The molecule has 1 atom stereocenters. The van der Waals surface area contributed by atoms with E-state index in [0.29, 0.717) is 19.3 Å². The molecule has 0 unspecified atom stereocenters. The van der Waals surface area contributed by atoms with Gasteiger partial charge in [-0.15, -0.1) is 0 Å². The molecule has 0 aromatic carbocycles. The van der Waals surface area contributed by atoms with E-state index in [1.807, 2.05) is 0 Å². The Morgan fingerprint density at radius 2 is 0.536 bits per heavy atom. The van der Waals surface area contributed by atoms with Crippen LogP contribution in [0.5, 0.6) is 0 Å². The van der Waals surface area contributed by atoms with Crippen molar-refractivity contribution in [2.75, 3.05) is 13.2 Å². The van der Waals surface area contributed by atoms with E-state index >= 15 is 0 Å². The summed E-state index contributed by atoms with van der Waals surface area (Å²) in [5, 5.41) is 0. The summed E-state index contributed by atoms with van der Waals surface area (Å²) in [5.41, 5.74) is 0. The first kappa shape index (κ1) is 64.5. The smallest absolute Gasteiger partial charge is 0.306 e. The van der Waals surface area contributed by atoms with Crippen LogP contribution in [-0.4, -0.2) is 37.2 Å². The molecular formula is C63H100O6. The van der Waals surface area contributed by atoms with Crippen LogP contribution in [0.2, 0.25) is 0 Å². The zero-order valence-electron chi connectivity index (χ0n) is 44.3. The summed E-state index contributed by atoms with van der Waals surface area (Å²) < 4.78 is 16.7. The molecule has 0 saturated heterocycles. The Bertz CT molecular complexity index is 1510. The first-order chi connectivity index (χ1) is 34.0. The molecule has 0 aromatic heterocycles. The van der Waals surface area contributed by atoms with Crippen molar-refractivity contribution in [2.24, 2.45) is 0 Å². The standard InChI is InChI=1S/C63H100O6/c1-4-7-10-13-16-19-22-25-28-30-31-33-35-38-41-44-47-50-53-56-62(65)68-59-60(58-67-61(64)55-52-49-46-43-40-37-34-27-24-21-18-15-12-9-6-3)69-63(66)57-54-51-48-45-42-39-36-32-29-26-23-20-17-14-11-8-5-2/h16-21,25-29,31,33-34,36,38-41,43,45,48,60H,4-15,22-24,30,32,35,37,42,44,46-47,49-59H2,1-3H3/b19-16-,20-17-,21-18-,28-25-,29-26-,33-31-,34-27-,39-36-,41-38-,43-40-,48-45-/t60-/m0/s1. The topological polar surface area (TPSA) is 78.9 Å². The summed E-state index contributed by atoms with van der Waals surface area (Å²) in [6.45, 7) is 6.43. The van der Waals surface area contributed by atoms with E-state index in [4.69, 9.17) is 14.2 Å². The Kier molecular flexibility index (Phi) is 52.5. The number of carbonyl (C=O) groups is 3. The zero-order chi connectivity index (χ0) is 50.0. The van der Waals surface area contributed by atoms with Crippen LogP contribution in [0.1, 0.15) is 226 Å². The zero-order valence-corrected chi connectivity index (χ0v) is 44.3. The van der Waals surface area contributed by atoms with Gasteiger partial charge in [0.1, 0.15) is 13.2 Å². The molecule has 0 heterocycles. The van der Waals surface area contributed by atoms with Gasteiger partial charge in [0.15, 0.2) is 6.10 Å². The number of allylic oxidation sites excluding steroid dienone is 22. The van der Waals surface area contributed by atoms with Crippen molar-refractivity contribution in [3.63, 3.8) is 0 Å². The predicted molar refractivity (Wildman–Crippen MR) is 297 cm³/mol. The van der Waals surface area contributed by atoms with Gasteiger partial charge in [-0.1, -0.05) is 199 Å². The Hall–Kier alpha value is -4.45. The molecule has 0 radical (unpaired) electrons. The molecule has 6 nitrogen and oxygen atoms in total. The molecule has 388 valence electrons. The lowest BCUT2D eigenvalue weighted by Gasteiger charge is -2.18. The van der Waals surface area contributed by atoms with E-state index in [1.54, 1.807) is 0 Å². The highest BCUT2D eigenvalue weighted by molar-refractivity contribution is 5.71. The number of ether oxygens (including phenoxy) is 3. The van der Waals surface area contributed by atoms with Gasteiger partial charge in [-0.25, -0.2) is 0 Å². The minimum Gasteiger partial charge on any atom is -0.462 e. The van der Waals surface area contributed by atoms with Gasteiger partial charge in [0.05, 0.1) is 0 Å². The summed E-state index contributed by atoms with van der Waals surface area (Å²) in [6, 6.07) is 0. The SMILES string of the molecule is CCCCC/C=C\C/C=C\C/C=C\C/C=C\CCCCCC(=O)OC[C@H](COC(=O)CCCC/C=C\C/C=C\C/C=C\CCCCC)OC(=O)CCC/C=C\C/C=C\C/C=C\C/C=C\CCCCC. The molecule has 0 aliphatic heterocycles. The van der Waals surface area contributed by atoms with Crippen LogP contribution in [0.3, 0.4) is 0 Å². The molecule has 6 heteroatoms. The highest BCUT2D eigenvalue weighted by atomic mass is 16.6. The Labute approximate surface area is 424 Å². The fourth-order valence-electron chi connectivity index (χ4n) is 6.89. The lowest BCUT2D eigenvalue weighted by molar-refractivity contribution is -0.167. The lowest BCUT2D eigenvalue weighted by atomic mass is 10.1. The first-order valence-corrected chi connectivity index (χ1v) is 27.7. The molecule has 0 spiro atoms. The summed E-state index contributed by atoms with van der Waals surface area (Å²) in [5.74, 6) is -1.06. The fraction of sp³-hybridized carbons (Fsp3) is 0.603. The normalized spacial score (nSPS) is 13.1. The van der Waals surface area contributed by atoms with E-state index in [-0.39, 0.29) is 44.0 Å². The minimum atomic E-state index is -0.841. The van der Waals surface area contributed by atoms with Gasteiger partial charge < -0.3 is 14.2 Å². The quantitative estimate of drug-likeness (QED) is 0.0262. The molecule has 0 saturated carbocycles. The molecule has 0 aliphatic carbocycles. The summed E-state index contributed by atoms with van der Waals surface area (Å²) in [7, 11) is 0. The molecule has 69 heavy (non-hydrogen) atoms. The van der Waals surface area contributed by atoms with Crippen LogP contribution < -0.4 is 0 Å². The van der Waals surface area contributed by atoms with Crippen molar-refractivity contribution < 1.29 is 28.6 Å². The predicted octanol–water partition coefficient (Wildman–Crippen LogP) is 18.6. The van der Waals surface area contributed by atoms with E-state index in [1.165, 1.54) is 77.0 Å². The Morgan fingerprint density at radius 1 is 0.290 bits per heavy atom. The van der Waals surface area contributed by atoms with Gasteiger partial charge >= 0.3 is 17.9 Å². The highest BCUT2D eigenvalue weighted by Crippen LogP contribution is 2.10. The number of carbonyl (C=O) groups excluding carboxylic acids is 3. The third kappa shape index (κ3) is 54.4. The Morgan fingerprint density at radius 3 is 0.855 bits per heavy atom. The van der Waals surface area contributed by atoms with Crippen molar-refractivity contribution in [1.82, 2.24) is 0 Å². The minimum absolute atomic E-state index is 0.133. The number of unbranched alkanes of at least 4 members (excludes halogenated alkanes) is 15. The molecule has 0 aliphatic rings. The lowest BCUT2D eigenvalue weighted by Crippen LogP contribution is -2.30. The van der Waals surface area contributed by atoms with Gasteiger partial charge in [0.25, 0.3) is 0 Å². The van der Waals surface area contributed by atoms with Crippen LogP contribution in [0.25, 0.3) is 0 Å². The van der Waals surface area contributed by atoms with Crippen molar-refractivity contribution in [3.05, 3.63) is 134 Å². The van der Waals surface area contributed by atoms with E-state index in [9.17, 15) is 14.4 Å². The molecular weight excluding hydrogens is 853 g/mol. The average Bonchev–Trinajstić information content (AvgIpc) is 3.35. The number of esters is 3.